The summed E-state index contributed by atoms with van der Waals surface area (Å²) in [4.78, 5) is 2.81. The highest BCUT2D eigenvalue weighted by Crippen LogP contribution is 2.71. The van der Waals surface area contributed by atoms with Crippen molar-refractivity contribution in [1.29, 1.82) is 0 Å². The highest BCUT2D eigenvalue weighted by molar-refractivity contribution is 8.31. The second kappa shape index (κ2) is 10.4. The maximum Gasteiger partial charge on any atom is 0.673 e. The lowest BCUT2D eigenvalue weighted by Gasteiger charge is -2.31. The highest BCUT2D eigenvalue weighted by Gasteiger charge is 2.55. The zero-order valence-corrected chi connectivity index (χ0v) is 19.9. The number of rotatable bonds is 4. The molecule has 0 bridgehead atoms. The zero-order chi connectivity index (χ0) is 23.3. The molecule has 0 amide bonds. The van der Waals surface area contributed by atoms with Crippen LogP contribution in [0.25, 0.3) is 0 Å². The maximum atomic E-state index is 9.75. The monoisotopic (exact) mass is 502 g/mol. The van der Waals surface area contributed by atoms with Gasteiger partial charge in [0, 0.05) is 9.79 Å². The molecule has 168 valence electrons. The Labute approximate surface area is 200 Å². The number of halogens is 4. The predicted octanol–water partition coefficient (Wildman–Crippen LogP) is 7.46. The average molecular weight is 502 g/mol. The van der Waals surface area contributed by atoms with E-state index < -0.39 is 14.5 Å². The second-order valence-corrected chi connectivity index (χ2v) is 14.0. The minimum Gasteiger partial charge on any atom is -0.418 e. The fraction of sp³-hybridized carbons (Fsp3) is 0.0400. The van der Waals surface area contributed by atoms with Crippen molar-refractivity contribution in [3.05, 3.63) is 115 Å². The summed E-state index contributed by atoms with van der Waals surface area (Å²) in [7, 11) is -7.86. The van der Waals surface area contributed by atoms with Gasteiger partial charge in [-0.25, -0.2) is 0 Å². The van der Waals surface area contributed by atoms with E-state index in [1.165, 1.54) is 25.7 Å². The summed E-state index contributed by atoms with van der Waals surface area (Å²) >= 11 is 4.08. The molecule has 1 heterocycles. The average Bonchev–Trinajstić information content (AvgIpc) is 3.25. The van der Waals surface area contributed by atoms with E-state index in [-0.39, 0.29) is 0 Å². The number of hydrogen-bond acceptors (Lipinski definition) is 2. The molecule has 4 aromatic carbocycles. The first kappa shape index (κ1) is 23.9. The van der Waals surface area contributed by atoms with Gasteiger partial charge in [-0.05, 0) is 48.5 Å². The Hall–Kier alpha value is -2.21. The van der Waals surface area contributed by atoms with E-state index in [1.807, 2.05) is 23.5 Å². The molecule has 0 fully saturated rings. The summed E-state index contributed by atoms with van der Waals surface area (Å²) in [6, 6.07) is 42.3. The minimum absolute atomic E-state index is 0.428. The quantitative estimate of drug-likeness (QED) is 0.161. The molecule has 0 aromatic heterocycles. The standard InChI is InChI=1S/C25H20PS2.BF4/c1-4-12-20(13-5-1)26(21-14-6-2-7-15-21,22-16-8-3-9-17-22)25-27-23-18-10-11-19-24(23)28-25;2-1(3,4)5/h1-19,25H;/q+1;-1. The Morgan fingerprint density at radius 3 is 1.06 bits per heavy atom. The fourth-order valence-electron chi connectivity index (χ4n) is 3.85. The molecule has 0 nitrogen and oxygen atoms in total. The first-order chi connectivity index (χ1) is 15.9. The van der Waals surface area contributed by atoms with Crippen molar-refractivity contribution in [1.82, 2.24) is 0 Å². The molecule has 0 unspecified atom stereocenters. The smallest absolute Gasteiger partial charge is 0.418 e. The van der Waals surface area contributed by atoms with E-state index in [9.17, 15) is 17.3 Å². The summed E-state index contributed by atoms with van der Waals surface area (Å²) in [5.41, 5.74) is 0. The van der Waals surface area contributed by atoms with Gasteiger partial charge in [-0.1, -0.05) is 90.3 Å². The van der Waals surface area contributed by atoms with Crippen LogP contribution in [0.1, 0.15) is 0 Å². The Kier molecular flexibility index (Phi) is 7.53. The molecule has 1 aliphatic rings. The molecule has 1 aliphatic heterocycles. The lowest BCUT2D eigenvalue weighted by molar-refractivity contribution is 0.368. The van der Waals surface area contributed by atoms with Gasteiger partial charge in [-0.2, -0.15) is 0 Å². The third-order valence-electron chi connectivity index (χ3n) is 5.11. The van der Waals surface area contributed by atoms with Gasteiger partial charge >= 0.3 is 7.25 Å². The lowest BCUT2D eigenvalue weighted by atomic mass is 10.3. The van der Waals surface area contributed by atoms with E-state index in [2.05, 4.69) is 115 Å². The summed E-state index contributed by atoms with van der Waals surface area (Å²) in [6.45, 7) is 0. The van der Waals surface area contributed by atoms with Gasteiger partial charge < -0.3 is 17.3 Å². The van der Waals surface area contributed by atoms with Crippen LogP contribution in [0.4, 0.5) is 17.3 Å². The number of benzene rings is 4. The number of hydrogen-bond donors (Lipinski definition) is 0. The van der Waals surface area contributed by atoms with Crippen molar-refractivity contribution in [3.63, 3.8) is 0 Å². The second-order valence-electron chi connectivity index (χ2n) is 7.21. The molecule has 0 atom stereocenters. The van der Waals surface area contributed by atoms with E-state index in [0.29, 0.717) is 4.32 Å². The Balaban J connectivity index is 0.000000471. The van der Waals surface area contributed by atoms with Gasteiger partial charge in [0.1, 0.15) is 23.2 Å². The van der Waals surface area contributed by atoms with Crippen LogP contribution >= 0.6 is 30.8 Å². The highest BCUT2D eigenvalue weighted by atomic mass is 32.2. The fourth-order valence-corrected chi connectivity index (χ4v) is 13.8. The number of thioether (sulfide) groups is 2. The van der Waals surface area contributed by atoms with Crippen molar-refractivity contribution >= 4 is 54.0 Å². The van der Waals surface area contributed by atoms with Crippen LogP contribution < -0.4 is 15.9 Å². The topological polar surface area (TPSA) is 0 Å². The molecule has 0 N–H and O–H groups in total. The molecule has 0 aliphatic carbocycles. The Morgan fingerprint density at radius 2 is 0.758 bits per heavy atom. The third-order valence-corrected chi connectivity index (χ3v) is 13.9. The molecule has 0 saturated heterocycles. The lowest BCUT2D eigenvalue weighted by Crippen LogP contribution is -2.35. The molecular weight excluding hydrogens is 482 g/mol. The summed E-state index contributed by atoms with van der Waals surface area (Å²) in [5.74, 6) is 0. The predicted molar refractivity (Wildman–Crippen MR) is 137 cm³/mol. The van der Waals surface area contributed by atoms with Crippen molar-refractivity contribution in [3.8, 4) is 0 Å². The van der Waals surface area contributed by atoms with Crippen molar-refractivity contribution < 1.29 is 17.3 Å². The molecule has 0 saturated carbocycles. The molecule has 5 rings (SSSR count). The van der Waals surface area contributed by atoms with Crippen LogP contribution in [0, 0.1) is 0 Å². The van der Waals surface area contributed by atoms with E-state index in [0.717, 1.165) is 0 Å². The Bertz CT molecular complexity index is 1050. The van der Waals surface area contributed by atoms with Gasteiger partial charge in [-0.15, -0.1) is 0 Å². The van der Waals surface area contributed by atoms with Crippen LogP contribution in [0.15, 0.2) is 125 Å². The van der Waals surface area contributed by atoms with Gasteiger partial charge in [0.25, 0.3) is 0 Å². The normalized spacial score (nSPS) is 13.7. The molecule has 0 spiro atoms. The van der Waals surface area contributed by atoms with Gasteiger partial charge in [0.2, 0.25) is 0 Å². The molecule has 0 radical (unpaired) electrons. The minimum atomic E-state index is -6.00. The van der Waals surface area contributed by atoms with Crippen LogP contribution in [0.5, 0.6) is 0 Å². The van der Waals surface area contributed by atoms with E-state index in [4.69, 9.17) is 0 Å². The molecule has 4 aromatic rings. The zero-order valence-electron chi connectivity index (χ0n) is 17.4. The van der Waals surface area contributed by atoms with Gasteiger partial charge in [-0.3, -0.25) is 0 Å². The van der Waals surface area contributed by atoms with Crippen molar-refractivity contribution in [2.75, 3.05) is 0 Å². The largest absolute Gasteiger partial charge is 0.673 e. The molecular formula is C25H20BF4PS2. The van der Waals surface area contributed by atoms with Gasteiger partial charge in [0.15, 0.2) is 4.32 Å². The summed E-state index contributed by atoms with van der Waals surface area (Å²) < 4.78 is 39.4. The van der Waals surface area contributed by atoms with Crippen LogP contribution in [0.3, 0.4) is 0 Å². The number of fused-ring (bicyclic) bond motifs is 1. The first-order valence-electron chi connectivity index (χ1n) is 10.2. The first-order valence-corrected chi connectivity index (χ1v) is 13.9. The van der Waals surface area contributed by atoms with E-state index in [1.54, 1.807) is 0 Å². The molecule has 8 heteroatoms. The third kappa shape index (κ3) is 5.48. The van der Waals surface area contributed by atoms with Crippen LogP contribution in [0.2, 0.25) is 0 Å². The van der Waals surface area contributed by atoms with E-state index >= 15 is 0 Å². The van der Waals surface area contributed by atoms with Crippen LogP contribution in [-0.4, -0.2) is 11.6 Å². The molecule has 33 heavy (non-hydrogen) atoms. The van der Waals surface area contributed by atoms with Crippen molar-refractivity contribution in [2.45, 2.75) is 14.1 Å². The maximum absolute atomic E-state index is 9.75. The summed E-state index contributed by atoms with van der Waals surface area (Å²) in [6.07, 6.45) is 0. The summed E-state index contributed by atoms with van der Waals surface area (Å²) in [5, 5.41) is 4.35. The SMILES string of the molecule is F[B-](F)(F)F.c1ccc([P+](c2ccccc2)(c2ccccc2)C2Sc3ccccc3S2)cc1. The van der Waals surface area contributed by atoms with Crippen LogP contribution in [-0.2, 0) is 0 Å². The van der Waals surface area contributed by atoms with Gasteiger partial charge in [0.05, 0.1) is 0 Å². The Morgan fingerprint density at radius 1 is 0.485 bits per heavy atom. The van der Waals surface area contributed by atoms with Crippen molar-refractivity contribution in [2.24, 2.45) is 0 Å².